The maximum Gasteiger partial charge on any atom is 0.258 e. The molecule has 0 radical (unpaired) electrons. The Hall–Kier alpha value is -1.96. The zero-order valence-corrected chi connectivity index (χ0v) is 15.3. The van der Waals surface area contributed by atoms with E-state index in [0.29, 0.717) is 24.0 Å². The molecule has 0 unspecified atom stereocenters. The molecule has 1 aliphatic rings. The summed E-state index contributed by atoms with van der Waals surface area (Å²) in [5, 5.41) is 10.7. The van der Waals surface area contributed by atoms with E-state index in [-0.39, 0.29) is 18.3 Å². The minimum Gasteiger partial charge on any atom is -0.380 e. The third-order valence-electron chi connectivity index (χ3n) is 4.21. The number of rotatable bonds is 5. The van der Waals surface area contributed by atoms with Crippen molar-refractivity contribution in [2.75, 3.05) is 25.5 Å². The molecule has 1 amide bonds. The lowest BCUT2D eigenvalue weighted by Gasteiger charge is -2.19. The van der Waals surface area contributed by atoms with Crippen LogP contribution >= 0.6 is 12.4 Å². The first-order valence-electron chi connectivity index (χ1n) is 8.18. The number of anilines is 1. The third-order valence-corrected chi connectivity index (χ3v) is 4.21. The fraction of sp³-hybridized carbons (Fsp3) is 0.471. The van der Waals surface area contributed by atoms with Gasteiger partial charge in [0.25, 0.3) is 5.91 Å². The van der Waals surface area contributed by atoms with Gasteiger partial charge in [0, 0.05) is 25.6 Å². The Morgan fingerprint density at radius 3 is 2.88 bits per heavy atom. The molecule has 8 heteroatoms. The highest BCUT2D eigenvalue weighted by molar-refractivity contribution is 6.03. The minimum absolute atomic E-state index is 0. The molecule has 1 aliphatic heterocycles. The number of carbonyl (C=O) groups excluding carboxylic acids is 1. The Bertz CT molecular complexity index is 713. The van der Waals surface area contributed by atoms with Crippen LogP contribution in [0.3, 0.4) is 0 Å². The fourth-order valence-corrected chi connectivity index (χ4v) is 2.91. The monoisotopic (exact) mass is 365 g/mol. The summed E-state index contributed by atoms with van der Waals surface area (Å²) in [6, 6.07) is 7.37. The van der Waals surface area contributed by atoms with Crippen molar-refractivity contribution in [3.8, 4) is 0 Å². The number of carbonyl (C=O) groups is 1. The number of halogens is 1. The first kappa shape index (κ1) is 19.4. The average Bonchev–Trinajstić information content (AvgIpc) is 2.97. The van der Waals surface area contributed by atoms with Crippen molar-refractivity contribution in [3.63, 3.8) is 0 Å². The lowest BCUT2D eigenvalue weighted by atomic mass is 9.98. The molecule has 7 nitrogen and oxygen atoms in total. The maximum absolute atomic E-state index is 12.5. The van der Waals surface area contributed by atoms with Gasteiger partial charge in [-0.15, -0.1) is 12.4 Å². The van der Waals surface area contributed by atoms with E-state index in [1.54, 1.807) is 24.9 Å². The van der Waals surface area contributed by atoms with Gasteiger partial charge >= 0.3 is 0 Å². The normalized spacial score (nSPS) is 14.8. The first-order chi connectivity index (χ1) is 11.7. The van der Waals surface area contributed by atoms with Gasteiger partial charge in [0.1, 0.15) is 0 Å². The largest absolute Gasteiger partial charge is 0.380 e. The van der Waals surface area contributed by atoms with Crippen molar-refractivity contribution in [2.45, 2.75) is 25.4 Å². The van der Waals surface area contributed by atoms with Crippen LogP contribution < -0.4 is 10.6 Å². The van der Waals surface area contributed by atoms with Gasteiger partial charge in [-0.25, -0.2) is 4.68 Å². The number of hydrogen-bond acceptors (Lipinski definition) is 5. The number of nitrogens with one attached hydrogen (secondary N) is 2. The molecule has 0 bridgehead atoms. The van der Waals surface area contributed by atoms with Gasteiger partial charge < -0.3 is 10.1 Å². The van der Waals surface area contributed by atoms with Crippen molar-refractivity contribution < 1.29 is 9.53 Å². The predicted molar refractivity (Wildman–Crippen MR) is 98.2 cm³/mol. The quantitative estimate of drug-likeness (QED) is 0.848. The van der Waals surface area contributed by atoms with Gasteiger partial charge in [-0.2, -0.15) is 10.1 Å². The summed E-state index contributed by atoms with van der Waals surface area (Å²) in [5.74, 6) is 1.45. The predicted octanol–water partition coefficient (Wildman–Crippen LogP) is 2.10. The molecule has 1 aromatic carbocycles. The summed E-state index contributed by atoms with van der Waals surface area (Å²) >= 11 is 0. The number of hydrogen-bond donors (Lipinski definition) is 2. The number of benzene rings is 1. The van der Waals surface area contributed by atoms with E-state index in [1.807, 2.05) is 18.2 Å². The van der Waals surface area contributed by atoms with Crippen LogP contribution in [0.25, 0.3) is 0 Å². The van der Waals surface area contributed by atoms with Crippen LogP contribution in [0.15, 0.2) is 24.3 Å². The summed E-state index contributed by atoms with van der Waals surface area (Å²) in [6.45, 7) is 2.44. The molecule has 0 atom stereocenters. The molecule has 0 spiro atoms. The van der Waals surface area contributed by atoms with E-state index < -0.39 is 0 Å². The van der Waals surface area contributed by atoms with Gasteiger partial charge in [0.05, 0.1) is 6.61 Å². The molecule has 2 aromatic rings. The van der Waals surface area contributed by atoms with Crippen LogP contribution in [0.2, 0.25) is 0 Å². The highest BCUT2D eigenvalue weighted by Gasteiger charge is 2.21. The topological polar surface area (TPSA) is 81.1 Å². The Labute approximate surface area is 153 Å². The summed E-state index contributed by atoms with van der Waals surface area (Å²) in [6.07, 6.45) is 2.05. The Morgan fingerprint density at radius 1 is 1.40 bits per heavy atom. The lowest BCUT2D eigenvalue weighted by Crippen LogP contribution is -2.27. The van der Waals surface area contributed by atoms with Gasteiger partial charge in [-0.1, -0.05) is 12.1 Å². The van der Waals surface area contributed by atoms with E-state index in [0.717, 1.165) is 37.3 Å². The van der Waals surface area contributed by atoms with Crippen LogP contribution in [-0.2, 0) is 18.4 Å². The van der Waals surface area contributed by atoms with Crippen LogP contribution in [0.5, 0.6) is 0 Å². The molecule has 2 N–H and O–H groups in total. The molecule has 1 fully saturated rings. The number of aryl methyl sites for hydroxylation is 1. The van der Waals surface area contributed by atoms with Crippen molar-refractivity contribution in [1.82, 2.24) is 20.1 Å². The van der Waals surface area contributed by atoms with Gasteiger partial charge in [-0.3, -0.25) is 10.1 Å². The Kier molecular flexibility index (Phi) is 6.92. The van der Waals surface area contributed by atoms with E-state index in [2.05, 4.69) is 20.7 Å². The van der Waals surface area contributed by atoms with Gasteiger partial charge in [0.15, 0.2) is 5.82 Å². The van der Waals surface area contributed by atoms with Crippen molar-refractivity contribution in [1.29, 1.82) is 0 Å². The van der Waals surface area contributed by atoms with E-state index in [9.17, 15) is 4.79 Å². The molecular weight excluding hydrogens is 342 g/mol. The summed E-state index contributed by atoms with van der Waals surface area (Å²) in [7, 11) is 3.43. The second kappa shape index (κ2) is 8.94. The van der Waals surface area contributed by atoms with Crippen molar-refractivity contribution >= 4 is 24.3 Å². The highest BCUT2D eigenvalue weighted by Crippen LogP contribution is 2.23. The number of methoxy groups -OCH3 is 1. The zero-order chi connectivity index (χ0) is 16.9. The van der Waals surface area contributed by atoms with E-state index >= 15 is 0 Å². The highest BCUT2D eigenvalue weighted by atomic mass is 35.5. The molecule has 1 aromatic heterocycles. The fourth-order valence-electron chi connectivity index (χ4n) is 2.91. The number of aromatic nitrogens is 3. The third kappa shape index (κ3) is 4.78. The van der Waals surface area contributed by atoms with E-state index in [1.165, 1.54) is 0 Å². The molecule has 1 saturated heterocycles. The number of amides is 1. The summed E-state index contributed by atoms with van der Waals surface area (Å²) < 4.78 is 6.74. The molecule has 0 saturated carbocycles. The van der Waals surface area contributed by atoms with Crippen molar-refractivity contribution in [3.05, 3.63) is 41.2 Å². The summed E-state index contributed by atoms with van der Waals surface area (Å²) in [4.78, 5) is 17.0. The Balaban J connectivity index is 0.00000225. The summed E-state index contributed by atoms with van der Waals surface area (Å²) in [5.41, 5.74) is 1.54. The molecule has 2 heterocycles. The number of ether oxygens (including phenoxy) is 1. The molecule has 25 heavy (non-hydrogen) atoms. The van der Waals surface area contributed by atoms with Crippen LogP contribution in [0, 0.1) is 0 Å². The van der Waals surface area contributed by atoms with Gasteiger partial charge in [0.2, 0.25) is 5.95 Å². The van der Waals surface area contributed by atoms with Crippen LogP contribution in [0.1, 0.15) is 40.5 Å². The second-order valence-electron chi connectivity index (χ2n) is 6.03. The average molecular weight is 366 g/mol. The molecule has 136 valence electrons. The minimum atomic E-state index is -0.194. The SMILES string of the molecule is COCc1cccc(C(=O)Nc2nc(C3CCNCC3)nn2C)c1.Cl. The molecule has 0 aliphatic carbocycles. The molecular formula is C17H24ClN5O2. The standard InChI is InChI=1S/C17H23N5O2.ClH/c1-22-17(19-15(21-22)13-6-8-18-9-7-13)20-16(23)14-5-3-4-12(10-14)11-24-2;/h3-5,10,13,18H,6-9,11H2,1-2H3,(H,19,20,21,23);1H. The smallest absolute Gasteiger partial charge is 0.258 e. The zero-order valence-electron chi connectivity index (χ0n) is 14.5. The number of nitrogens with zero attached hydrogens (tertiary/aromatic N) is 3. The lowest BCUT2D eigenvalue weighted by molar-refractivity contribution is 0.102. The van der Waals surface area contributed by atoms with Crippen LogP contribution in [0.4, 0.5) is 5.95 Å². The Morgan fingerprint density at radius 2 is 2.16 bits per heavy atom. The molecule has 3 rings (SSSR count). The van der Waals surface area contributed by atoms with Gasteiger partial charge in [-0.05, 0) is 43.6 Å². The first-order valence-corrected chi connectivity index (χ1v) is 8.18. The second-order valence-corrected chi connectivity index (χ2v) is 6.03. The van der Waals surface area contributed by atoms with E-state index in [4.69, 9.17) is 4.74 Å². The van der Waals surface area contributed by atoms with Crippen molar-refractivity contribution in [2.24, 2.45) is 7.05 Å². The maximum atomic E-state index is 12.5. The number of piperidine rings is 1. The van der Waals surface area contributed by atoms with Crippen LogP contribution in [-0.4, -0.2) is 40.9 Å².